The predicted molar refractivity (Wildman–Crippen MR) is 106 cm³/mol. The molecule has 9 heteroatoms. The minimum Gasteiger partial charge on any atom is -0.395 e. The van der Waals surface area contributed by atoms with Crippen LogP contribution in [0.5, 0.6) is 0 Å². The zero-order valence-electron chi connectivity index (χ0n) is 14.8. The van der Waals surface area contributed by atoms with Crippen molar-refractivity contribution in [3.63, 3.8) is 0 Å². The topological polar surface area (TPSA) is 108 Å². The van der Waals surface area contributed by atoms with Crippen molar-refractivity contribution in [3.05, 3.63) is 53.0 Å². The van der Waals surface area contributed by atoms with Gasteiger partial charge in [0.25, 0.3) is 5.91 Å². The number of thiazole rings is 1. The quantitative estimate of drug-likeness (QED) is 0.584. The monoisotopic (exact) mass is 405 g/mol. The molecule has 1 atom stereocenters. The van der Waals surface area contributed by atoms with Crippen molar-refractivity contribution in [1.29, 1.82) is 0 Å². The molecular formula is C18H19N3O4S2. The van der Waals surface area contributed by atoms with E-state index in [1.54, 1.807) is 24.3 Å². The number of carbonyl (C=O) groups excluding carboxylic acids is 1. The molecule has 7 nitrogen and oxygen atoms in total. The van der Waals surface area contributed by atoms with Gasteiger partial charge in [-0.15, -0.1) is 11.3 Å². The Morgan fingerprint density at radius 1 is 1.22 bits per heavy atom. The normalized spacial score (nSPS) is 12.9. The Morgan fingerprint density at radius 2 is 1.93 bits per heavy atom. The lowest BCUT2D eigenvalue weighted by molar-refractivity contribution is 0.102. The van der Waals surface area contributed by atoms with Crippen LogP contribution in [-0.4, -0.2) is 37.1 Å². The van der Waals surface area contributed by atoms with Crippen LogP contribution in [0.25, 0.3) is 10.2 Å². The number of rotatable bonds is 6. The van der Waals surface area contributed by atoms with E-state index in [1.807, 2.05) is 19.1 Å². The number of nitrogens with one attached hydrogen (secondary N) is 2. The highest BCUT2D eigenvalue weighted by Gasteiger charge is 2.17. The molecule has 3 aromatic rings. The molecule has 0 bridgehead atoms. The fraction of sp³-hybridized carbons (Fsp3) is 0.222. The minimum atomic E-state index is -3.74. The zero-order chi connectivity index (χ0) is 19.6. The molecule has 1 heterocycles. The summed E-state index contributed by atoms with van der Waals surface area (Å²) in [5.41, 5.74) is 1.87. The molecule has 142 valence electrons. The van der Waals surface area contributed by atoms with E-state index in [0.29, 0.717) is 11.3 Å². The average molecular weight is 406 g/mol. The van der Waals surface area contributed by atoms with E-state index in [1.165, 1.54) is 24.3 Å². The number of benzene rings is 2. The third kappa shape index (κ3) is 4.51. The second kappa shape index (κ2) is 7.73. The Balaban J connectivity index is 1.74. The number of nitrogens with zero attached hydrogens (tertiary/aromatic N) is 1. The van der Waals surface area contributed by atoms with Gasteiger partial charge in [-0.25, -0.2) is 18.1 Å². The second-order valence-electron chi connectivity index (χ2n) is 6.10. The fourth-order valence-electron chi connectivity index (χ4n) is 2.48. The van der Waals surface area contributed by atoms with Crippen molar-refractivity contribution in [3.8, 4) is 0 Å². The summed E-state index contributed by atoms with van der Waals surface area (Å²) in [6.07, 6.45) is 0. The summed E-state index contributed by atoms with van der Waals surface area (Å²) in [5.74, 6) is -0.337. The Hall–Kier alpha value is -2.33. The highest BCUT2D eigenvalue weighted by atomic mass is 32.2. The molecule has 0 aliphatic rings. The van der Waals surface area contributed by atoms with Gasteiger partial charge in [-0.2, -0.15) is 0 Å². The Kier molecular flexibility index (Phi) is 5.56. The highest BCUT2D eigenvalue weighted by Crippen LogP contribution is 2.25. The van der Waals surface area contributed by atoms with E-state index < -0.39 is 16.1 Å². The first-order valence-corrected chi connectivity index (χ1v) is 10.5. The maximum absolute atomic E-state index is 12.4. The van der Waals surface area contributed by atoms with Crippen LogP contribution in [-0.2, 0) is 10.0 Å². The molecule has 0 aliphatic heterocycles. The van der Waals surface area contributed by atoms with Crippen LogP contribution >= 0.6 is 11.3 Å². The van der Waals surface area contributed by atoms with Crippen molar-refractivity contribution in [2.75, 3.05) is 11.9 Å². The van der Waals surface area contributed by atoms with Crippen LogP contribution in [0.2, 0.25) is 0 Å². The minimum absolute atomic E-state index is 0.0286. The molecule has 3 rings (SSSR count). The molecule has 27 heavy (non-hydrogen) atoms. The van der Waals surface area contributed by atoms with E-state index in [9.17, 15) is 13.2 Å². The summed E-state index contributed by atoms with van der Waals surface area (Å²) in [5, 5.41) is 12.7. The third-order valence-electron chi connectivity index (χ3n) is 3.81. The SMILES string of the molecule is Cc1nc2ccc(NC(=O)c3ccc(S(=O)(=O)N[C@@H](C)CO)cc3)cc2s1. The number of fused-ring (bicyclic) bond motifs is 1. The number of anilines is 1. The number of carbonyl (C=O) groups is 1. The standard InChI is InChI=1S/C18H19N3O4S2/c1-11(10-22)21-27(24,25)15-6-3-13(4-7-15)18(23)20-14-5-8-16-17(9-14)26-12(2)19-16/h3-9,11,21-22H,10H2,1-2H3,(H,20,23)/t11-/m0/s1. The summed E-state index contributed by atoms with van der Waals surface area (Å²) in [6, 6.07) is 10.5. The number of hydrogen-bond donors (Lipinski definition) is 3. The number of sulfonamides is 1. The maximum atomic E-state index is 12.4. The van der Waals surface area contributed by atoms with Crippen LogP contribution in [0, 0.1) is 6.92 Å². The number of aliphatic hydroxyl groups excluding tert-OH is 1. The van der Waals surface area contributed by atoms with Gasteiger partial charge in [-0.3, -0.25) is 4.79 Å². The molecular weight excluding hydrogens is 386 g/mol. The fourth-order valence-corrected chi connectivity index (χ4v) is 4.58. The lowest BCUT2D eigenvalue weighted by Crippen LogP contribution is -2.35. The first kappa shape index (κ1) is 19.4. The first-order valence-electron chi connectivity index (χ1n) is 8.20. The molecule has 1 aromatic heterocycles. The Labute approximate surface area is 161 Å². The number of aryl methyl sites for hydroxylation is 1. The number of amides is 1. The molecule has 1 amide bonds. The second-order valence-corrected chi connectivity index (χ2v) is 9.05. The van der Waals surface area contributed by atoms with Crippen LogP contribution < -0.4 is 10.0 Å². The first-order chi connectivity index (χ1) is 12.8. The molecule has 0 saturated heterocycles. The molecule has 2 aromatic carbocycles. The van der Waals surface area contributed by atoms with Gasteiger partial charge >= 0.3 is 0 Å². The summed E-state index contributed by atoms with van der Waals surface area (Å²) in [4.78, 5) is 16.8. The number of aliphatic hydroxyl groups is 1. The summed E-state index contributed by atoms with van der Waals surface area (Å²) >= 11 is 1.55. The van der Waals surface area contributed by atoms with E-state index in [4.69, 9.17) is 5.11 Å². The van der Waals surface area contributed by atoms with Crippen molar-refractivity contribution in [1.82, 2.24) is 9.71 Å². The third-order valence-corrected chi connectivity index (χ3v) is 6.35. The Bertz CT molecular complexity index is 1080. The molecule has 0 aliphatic carbocycles. The average Bonchev–Trinajstić information content (AvgIpc) is 3.00. The van der Waals surface area contributed by atoms with Crippen LogP contribution in [0.3, 0.4) is 0 Å². The van der Waals surface area contributed by atoms with Crippen LogP contribution in [0.15, 0.2) is 47.4 Å². The molecule has 0 unspecified atom stereocenters. The van der Waals surface area contributed by atoms with E-state index in [2.05, 4.69) is 15.0 Å². The predicted octanol–water partition coefficient (Wildman–Crippen LogP) is 2.52. The van der Waals surface area contributed by atoms with Crippen LogP contribution in [0.1, 0.15) is 22.3 Å². The van der Waals surface area contributed by atoms with Gasteiger partial charge in [-0.1, -0.05) is 0 Å². The zero-order valence-corrected chi connectivity index (χ0v) is 16.4. The largest absolute Gasteiger partial charge is 0.395 e. The van der Waals surface area contributed by atoms with Gasteiger partial charge in [0.15, 0.2) is 0 Å². The molecule has 3 N–H and O–H groups in total. The van der Waals surface area contributed by atoms with Gasteiger partial charge in [0, 0.05) is 17.3 Å². The van der Waals surface area contributed by atoms with Crippen molar-refractivity contribution in [2.24, 2.45) is 0 Å². The van der Waals surface area contributed by atoms with Gasteiger partial charge in [0.1, 0.15) is 0 Å². The number of hydrogen-bond acceptors (Lipinski definition) is 6. The molecule has 0 saturated carbocycles. The lowest BCUT2D eigenvalue weighted by Gasteiger charge is -2.12. The van der Waals surface area contributed by atoms with Gasteiger partial charge in [0.05, 0.1) is 26.7 Å². The lowest BCUT2D eigenvalue weighted by atomic mass is 10.2. The van der Waals surface area contributed by atoms with Crippen molar-refractivity contribution in [2.45, 2.75) is 24.8 Å². The molecule has 0 spiro atoms. The van der Waals surface area contributed by atoms with Crippen LogP contribution in [0.4, 0.5) is 5.69 Å². The van der Waals surface area contributed by atoms with Gasteiger partial charge < -0.3 is 10.4 Å². The van der Waals surface area contributed by atoms with Crippen molar-refractivity contribution < 1.29 is 18.3 Å². The van der Waals surface area contributed by atoms with E-state index in [-0.39, 0.29) is 17.4 Å². The maximum Gasteiger partial charge on any atom is 0.255 e. The summed E-state index contributed by atoms with van der Waals surface area (Å²) < 4.78 is 27.7. The smallest absolute Gasteiger partial charge is 0.255 e. The summed E-state index contributed by atoms with van der Waals surface area (Å²) in [6.45, 7) is 3.18. The summed E-state index contributed by atoms with van der Waals surface area (Å²) in [7, 11) is -3.74. The van der Waals surface area contributed by atoms with Gasteiger partial charge in [0.2, 0.25) is 10.0 Å². The molecule has 0 radical (unpaired) electrons. The highest BCUT2D eigenvalue weighted by molar-refractivity contribution is 7.89. The van der Waals surface area contributed by atoms with Gasteiger partial charge in [-0.05, 0) is 56.3 Å². The van der Waals surface area contributed by atoms with E-state index >= 15 is 0 Å². The molecule has 0 fully saturated rings. The van der Waals surface area contributed by atoms with E-state index in [0.717, 1.165) is 15.2 Å². The van der Waals surface area contributed by atoms with Crippen molar-refractivity contribution >= 4 is 43.2 Å². The Morgan fingerprint density at radius 3 is 2.59 bits per heavy atom. The number of aromatic nitrogens is 1.